The summed E-state index contributed by atoms with van der Waals surface area (Å²) in [6.07, 6.45) is 1.02. The average Bonchev–Trinajstić information content (AvgIpc) is 1.67. The molecule has 0 rings (SSSR count). The molecule has 0 radical (unpaired) electrons. The van der Waals surface area contributed by atoms with Gasteiger partial charge in [-0.15, -0.1) is 0 Å². The van der Waals surface area contributed by atoms with E-state index in [-0.39, 0.29) is 0 Å². The first kappa shape index (κ1) is 11.3. The summed E-state index contributed by atoms with van der Waals surface area (Å²) in [5.41, 5.74) is 0. The number of carboxylic acids is 1. The van der Waals surface area contributed by atoms with Crippen molar-refractivity contribution >= 4 is 14.7 Å². The lowest BCUT2D eigenvalue weighted by atomic mass is 10.4. The number of hydrogen-bond donors (Lipinski definition) is 2. The van der Waals surface area contributed by atoms with Gasteiger partial charge in [0, 0.05) is 6.42 Å². The van der Waals surface area contributed by atoms with Crippen LogP contribution in [0.4, 0.5) is 0 Å². The van der Waals surface area contributed by atoms with Gasteiger partial charge >= 0.3 is 14.7 Å². The molecule has 0 aliphatic rings. The second-order valence-corrected chi connectivity index (χ2v) is 1.42. The van der Waals surface area contributed by atoms with E-state index in [2.05, 4.69) is 0 Å². The van der Waals surface area contributed by atoms with Gasteiger partial charge < -0.3 is 5.11 Å². The van der Waals surface area contributed by atoms with Crippen molar-refractivity contribution in [3.8, 4) is 0 Å². The van der Waals surface area contributed by atoms with Crippen LogP contribution < -0.4 is 0 Å². The highest BCUT2D eigenvalue weighted by molar-refractivity contribution is 7.16. The molecule has 1 unspecified atom stereocenters. The van der Waals surface area contributed by atoms with E-state index in [1.807, 2.05) is 6.92 Å². The van der Waals surface area contributed by atoms with Crippen molar-refractivity contribution in [3.05, 3.63) is 0 Å². The summed E-state index contributed by atoms with van der Waals surface area (Å²) in [6.45, 7) is 1.84. The third-order valence-corrected chi connectivity index (χ3v) is 0.464. The maximum atomic E-state index is 9.60. The highest BCUT2D eigenvalue weighted by Gasteiger charge is 1.87. The van der Waals surface area contributed by atoms with Gasteiger partial charge in [0.05, 0.1) is 0 Å². The zero-order valence-electron chi connectivity index (χ0n) is 5.13. The molecule has 0 saturated heterocycles. The third-order valence-electron chi connectivity index (χ3n) is 0.464. The van der Waals surface area contributed by atoms with E-state index in [9.17, 15) is 4.79 Å². The molecule has 5 heteroatoms. The van der Waals surface area contributed by atoms with Crippen molar-refractivity contribution in [2.75, 3.05) is 0 Å². The Morgan fingerprint density at radius 3 is 2.00 bits per heavy atom. The van der Waals surface area contributed by atoms with Gasteiger partial charge in [-0.25, -0.2) is 0 Å². The predicted octanol–water partition coefficient (Wildman–Crippen LogP) is 0.789. The summed E-state index contributed by atoms with van der Waals surface area (Å²) in [4.78, 5) is 16.6. The van der Waals surface area contributed by atoms with Crippen molar-refractivity contribution < 1.29 is 19.4 Å². The van der Waals surface area contributed by atoms with Crippen molar-refractivity contribution in [1.82, 2.24) is 0 Å². The van der Waals surface area contributed by atoms with Crippen molar-refractivity contribution in [1.29, 1.82) is 0 Å². The van der Waals surface area contributed by atoms with Crippen molar-refractivity contribution in [2.24, 2.45) is 0 Å². The quantitative estimate of drug-likeness (QED) is 0.575. The lowest BCUT2D eigenvalue weighted by molar-refractivity contribution is -0.137. The normalized spacial score (nSPS) is 7.78. The lowest BCUT2D eigenvalue weighted by Crippen LogP contribution is -1.90. The molecule has 54 valence electrons. The fraction of sp³-hybridized carbons (Fsp3) is 0.750. The minimum Gasteiger partial charge on any atom is -0.481 e. The lowest BCUT2D eigenvalue weighted by Gasteiger charge is -1.79. The Morgan fingerprint density at radius 1 is 1.67 bits per heavy atom. The molecule has 0 amide bonds. The summed E-state index contributed by atoms with van der Waals surface area (Å²) in [5.74, 6) is -0.711. The number of carbonyl (C=O) groups is 1. The van der Waals surface area contributed by atoms with E-state index >= 15 is 0 Å². The van der Waals surface area contributed by atoms with Crippen LogP contribution in [0.2, 0.25) is 0 Å². The van der Waals surface area contributed by atoms with Gasteiger partial charge in [0.2, 0.25) is 0 Å². The van der Waals surface area contributed by atoms with E-state index in [4.69, 9.17) is 14.6 Å². The van der Waals surface area contributed by atoms with Gasteiger partial charge in [0.25, 0.3) is 0 Å². The van der Waals surface area contributed by atoms with Gasteiger partial charge in [-0.1, -0.05) is 6.92 Å². The molecule has 0 aliphatic carbocycles. The minimum atomic E-state index is -1.17. The molecule has 2 N–H and O–H groups in total. The van der Waals surface area contributed by atoms with Crippen LogP contribution in [0.5, 0.6) is 0 Å². The first-order chi connectivity index (χ1) is 4.18. The second kappa shape index (κ2) is 10.5. The molecule has 0 aliphatic heterocycles. The smallest absolute Gasteiger partial charge is 0.481 e. The Labute approximate surface area is 54.8 Å². The molecule has 0 aromatic rings. The number of aliphatic carboxylic acids is 1. The van der Waals surface area contributed by atoms with Gasteiger partial charge in [-0.3, -0.25) is 4.79 Å². The zero-order chi connectivity index (χ0) is 7.70. The number of hydrogen-bond acceptors (Lipinski definition) is 2. The Bertz CT molecular complexity index is 82.6. The van der Waals surface area contributed by atoms with E-state index in [1.165, 1.54) is 0 Å². The summed E-state index contributed by atoms with van der Waals surface area (Å²) in [6, 6.07) is 0. The van der Waals surface area contributed by atoms with Gasteiger partial charge in [0.15, 0.2) is 0 Å². The third kappa shape index (κ3) is 36.0. The first-order valence-corrected chi connectivity index (χ1v) is 3.27. The van der Waals surface area contributed by atoms with Crippen LogP contribution in [0.3, 0.4) is 0 Å². The Kier molecular flexibility index (Phi) is 13.2. The largest absolute Gasteiger partial charge is 0.491 e. The van der Waals surface area contributed by atoms with E-state index < -0.39 is 14.7 Å². The Morgan fingerprint density at radius 2 is 2.00 bits per heavy atom. The molecule has 0 bridgehead atoms. The number of rotatable bonds is 2. The molecule has 0 spiro atoms. The minimum absolute atomic E-state index is 0.292. The Hall–Kier alpha value is -0.470. The summed E-state index contributed by atoms with van der Waals surface area (Å²) < 4.78 is 8.51. The van der Waals surface area contributed by atoms with Crippen LogP contribution in [-0.2, 0) is 9.36 Å². The zero-order valence-corrected chi connectivity index (χ0v) is 6.13. The van der Waals surface area contributed by atoms with Crippen LogP contribution >= 0.6 is 8.69 Å². The standard InChI is InChI=1S/C4H8O2.HO2P/c1-2-3-4(5)6;1-3-2/h2-3H2,1H3,(H,5,6);3H/p+1. The van der Waals surface area contributed by atoms with Crippen LogP contribution in [0.1, 0.15) is 19.8 Å². The average molecular weight is 153 g/mol. The fourth-order valence-electron chi connectivity index (χ4n) is 0.214. The maximum Gasteiger partial charge on any atom is 0.491 e. The summed E-state index contributed by atoms with van der Waals surface area (Å²) in [7, 11) is -1.17. The van der Waals surface area contributed by atoms with E-state index in [0.717, 1.165) is 6.42 Å². The van der Waals surface area contributed by atoms with Crippen LogP contribution in [-0.4, -0.2) is 16.0 Å². The number of carboxylic acid groups (broad SMARTS) is 1. The second-order valence-electron chi connectivity index (χ2n) is 1.24. The first-order valence-electron chi connectivity index (χ1n) is 2.42. The Balaban J connectivity index is 0. The molecular formula is C4H10O4P+. The van der Waals surface area contributed by atoms with Gasteiger partial charge in [-0.2, -0.15) is 4.89 Å². The van der Waals surface area contributed by atoms with Crippen LogP contribution in [0.15, 0.2) is 0 Å². The fourth-order valence-corrected chi connectivity index (χ4v) is 0.214. The molecule has 0 heterocycles. The molecular weight excluding hydrogens is 143 g/mol. The van der Waals surface area contributed by atoms with Gasteiger partial charge in [0.1, 0.15) is 0 Å². The molecule has 4 nitrogen and oxygen atoms in total. The van der Waals surface area contributed by atoms with Crippen molar-refractivity contribution in [2.45, 2.75) is 19.8 Å². The van der Waals surface area contributed by atoms with Crippen LogP contribution in [0, 0.1) is 0 Å². The highest BCUT2D eigenvalue weighted by Crippen LogP contribution is 1.82. The summed E-state index contributed by atoms with van der Waals surface area (Å²) >= 11 is 0. The summed E-state index contributed by atoms with van der Waals surface area (Å²) in [5, 5.41) is 7.91. The molecule has 9 heavy (non-hydrogen) atoms. The van der Waals surface area contributed by atoms with Gasteiger partial charge in [-0.05, 0) is 11.0 Å². The maximum absolute atomic E-state index is 9.60. The van der Waals surface area contributed by atoms with E-state index in [0.29, 0.717) is 6.42 Å². The molecule has 1 atom stereocenters. The molecule has 0 aromatic carbocycles. The predicted molar refractivity (Wildman–Crippen MR) is 33.8 cm³/mol. The molecule has 0 aromatic heterocycles. The topological polar surface area (TPSA) is 74.6 Å². The van der Waals surface area contributed by atoms with Crippen molar-refractivity contribution in [3.63, 3.8) is 0 Å². The highest BCUT2D eigenvalue weighted by atomic mass is 31.1. The molecule has 0 fully saturated rings. The van der Waals surface area contributed by atoms with Crippen LogP contribution in [0.25, 0.3) is 0 Å². The molecule has 0 saturated carbocycles. The van der Waals surface area contributed by atoms with E-state index in [1.54, 1.807) is 0 Å². The monoisotopic (exact) mass is 153 g/mol. The SMILES string of the molecule is CCCC(=O)O.O=[PH+]O.